The topological polar surface area (TPSA) is 29.5 Å². The lowest BCUT2D eigenvalue weighted by Gasteiger charge is -2.30. The molecule has 3 aliphatic carbocycles. The molecule has 9 aromatic carbocycles. The minimum absolute atomic E-state index is 0.0268. The number of rotatable bonds is 4. The average Bonchev–Trinajstić information content (AvgIpc) is 4.10. The van der Waals surface area contributed by atoms with E-state index in [2.05, 4.69) is 240 Å². The maximum Gasteiger partial charge on any atom is 0.143 e. The van der Waals surface area contributed by atoms with Gasteiger partial charge in [-0.25, -0.2) is 0 Å². The first-order valence-electron chi connectivity index (χ1n) is 26.2. The zero-order valence-electron chi connectivity index (χ0n) is 44.2. The number of furan rings is 2. The number of hydrogen-bond acceptors (Lipinski definition) is 3. The minimum Gasteiger partial charge on any atom is -0.456 e. The van der Waals surface area contributed by atoms with E-state index >= 15 is 0 Å². The molecule has 2 heterocycles. The average molecular weight is 948 g/mol. The van der Waals surface area contributed by atoms with E-state index in [9.17, 15) is 0 Å². The number of benzene rings is 9. The molecule has 0 radical (unpaired) electrons. The van der Waals surface area contributed by atoms with Crippen molar-refractivity contribution in [3.63, 3.8) is 0 Å². The van der Waals surface area contributed by atoms with Gasteiger partial charge in [-0.15, -0.1) is 0 Å². The van der Waals surface area contributed by atoms with Crippen LogP contribution in [0.1, 0.15) is 118 Å². The standard InChI is InChI=1S/C70H61NO2/c1-38-31-39(2)61(40(3)32-38)51-37-57-62(65-48-18-14-16-20-59(48)73-66(51)65)46-28-26-44(34-54(46)70(57,11)12)71(42-23-21-41(22-24-42)67(4,5)6)43-25-27-45-49-35-56-50(36-55(49)69(9,10)53(45)33-43)63-52(68(56,7)8)29-30-60-64(63)47-17-13-15-19-58(47)72-60/h13-37H,1-12H3. The number of aryl methyl sites for hydroxylation is 3. The first kappa shape index (κ1) is 44.1. The number of hydrogen-bond donors (Lipinski definition) is 0. The smallest absolute Gasteiger partial charge is 0.143 e. The molecular weight excluding hydrogens is 887 g/mol. The summed E-state index contributed by atoms with van der Waals surface area (Å²) in [5.41, 5.74) is 30.1. The highest BCUT2D eigenvalue weighted by Crippen LogP contribution is 2.60. The molecular formula is C70H61NO2. The third-order valence-corrected chi connectivity index (χ3v) is 17.7. The van der Waals surface area contributed by atoms with E-state index in [4.69, 9.17) is 8.83 Å². The highest BCUT2D eigenvalue weighted by molar-refractivity contribution is 6.19. The monoisotopic (exact) mass is 947 g/mol. The Morgan fingerprint density at radius 3 is 1.56 bits per heavy atom. The lowest BCUT2D eigenvalue weighted by atomic mass is 9.79. The van der Waals surface area contributed by atoms with Gasteiger partial charge in [0.2, 0.25) is 0 Å². The number of anilines is 3. The Morgan fingerprint density at radius 1 is 0.384 bits per heavy atom. The van der Waals surface area contributed by atoms with E-state index in [0.717, 1.165) is 44.8 Å². The Kier molecular flexibility index (Phi) is 8.78. The number of para-hydroxylation sites is 2. The van der Waals surface area contributed by atoms with Crippen molar-refractivity contribution >= 4 is 60.9 Å². The van der Waals surface area contributed by atoms with Gasteiger partial charge in [-0.05, 0) is 188 Å². The summed E-state index contributed by atoms with van der Waals surface area (Å²) in [5.74, 6) is 0. The molecule has 3 nitrogen and oxygen atoms in total. The van der Waals surface area contributed by atoms with Crippen LogP contribution in [0.5, 0.6) is 0 Å². The first-order valence-corrected chi connectivity index (χ1v) is 26.2. The minimum atomic E-state index is -0.307. The summed E-state index contributed by atoms with van der Waals surface area (Å²) in [4.78, 5) is 2.50. The van der Waals surface area contributed by atoms with Crippen LogP contribution in [0.25, 0.3) is 88.4 Å². The summed E-state index contributed by atoms with van der Waals surface area (Å²) < 4.78 is 13.4. The van der Waals surface area contributed by atoms with Crippen LogP contribution in [0.3, 0.4) is 0 Å². The van der Waals surface area contributed by atoms with Gasteiger partial charge in [0, 0.05) is 60.4 Å². The second-order valence-corrected chi connectivity index (χ2v) is 24.3. The predicted molar refractivity (Wildman–Crippen MR) is 307 cm³/mol. The van der Waals surface area contributed by atoms with Gasteiger partial charge in [-0.1, -0.05) is 147 Å². The normalized spacial score (nSPS) is 15.5. The van der Waals surface area contributed by atoms with Crippen LogP contribution in [0.2, 0.25) is 0 Å². The highest BCUT2D eigenvalue weighted by Gasteiger charge is 2.44. The lowest BCUT2D eigenvalue weighted by Crippen LogP contribution is -2.18. The Morgan fingerprint density at radius 2 is 0.890 bits per heavy atom. The van der Waals surface area contributed by atoms with Crippen molar-refractivity contribution in [3.8, 4) is 44.5 Å². The molecule has 2 aromatic heterocycles. The van der Waals surface area contributed by atoms with Crippen LogP contribution in [0.4, 0.5) is 17.1 Å². The molecule has 0 spiro atoms. The Balaban J connectivity index is 0.941. The maximum absolute atomic E-state index is 6.94. The van der Waals surface area contributed by atoms with E-state index in [1.165, 1.54) is 116 Å². The summed E-state index contributed by atoms with van der Waals surface area (Å²) in [6.45, 7) is 28.0. The third kappa shape index (κ3) is 5.94. The van der Waals surface area contributed by atoms with E-state index in [-0.39, 0.29) is 21.7 Å². The van der Waals surface area contributed by atoms with E-state index in [1.54, 1.807) is 0 Å². The zero-order valence-corrected chi connectivity index (χ0v) is 44.2. The number of fused-ring (bicyclic) bond motifs is 17. The molecule has 3 heteroatoms. The molecule has 14 rings (SSSR count). The first-order chi connectivity index (χ1) is 34.8. The second kappa shape index (κ2) is 14.5. The van der Waals surface area contributed by atoms with E-state index < -0.39 is 0 Å². The van der Waals surface area contributed by atoms with Crippen molar-refractivity contribution in [2.24, 2.45) is 0 Å². The van der Waals surface area contributed by atoms with Gasteiger partial charge >= 0.3 is 0 Å². The molecule has 0 fully saturated rings. The summed E-state index contributed by atoms with van der Waals surface area (Å²) >= 11 is 0. The summed E-state index contributed by atoms with van der Waals surface area (Å²) in [6.07, 6.45) is 0. The molecule has 0 bridgehead atoms. The van der Waals surface area contributed by atoms with E-state index in [0.29, 0.717) is 0 Å². The Bertz CT molecular complexity index is 4210. The second-order valence-electron chi connectivity index (χ2n) is 24.3. The van der Waals surface area contributed by atoms with Crippen LogP contribution in [0, 0.1) is 20.8 Å². The van der Waals surface area contributed by atoms with Crippen molar-refractivity contribution in [2.75, 3.05) is 4.90 Å². The fraction of sp³-hybridized carbons (Fsp3) is 0.229. The molecule has 0 saturated heterocycles. The third-order valence-electron chi connectivity index (χ3n) is 17.7. The summed E-state index contributed by atoms with van der Waals surface area (Å²) in [6, 6.07) is 57.5. The van der Waals surface area contributed by atoms with Crippen molar-refractivity contribution in [1.29, 1.82) is 0 Å². The predicted octanol–water partition coefficient (Wildman–Crippen LogP) is 19.8. The quantitative estimate of drug-likeness (QED) is 0.176. The van der Waals surface area contributed by atoms with Gasteiger partial charge in [-0.2, -0.15) is 0 Å². The largest absolute Gasteiger partial charge is 0.456 e. The van der Waals surface area contributed by atoms with Crippen molar-refractivity contribution < 1.29 is 8.83 Å². The van der Waals surface area contributed by atoms with Crippen molar-refractivity contribution in [2.45, 2.75) is 105 Å². The molecule has 0 N–H and O–H groups in total. The van der Waals surface area contributed by atoms with Crippen LogP contribution in [0.15, 0.2) is 160 Å². The van der Waals surface area contributed by atoms with Gasteiger partial charge in [0.15, 0.2) is 0 Å². The zero-order chi connectivity index (χ0) is 50.4. The SMILES string of the molecule is Cc1cc(C)c(-c2cc3c(c4c2oc2ccccc24)-c2ccc(N(c4ccc(C(C)(C)C)cc4)c4ccc5c(c4)C(C)(C)c4cc6c(cc4-5)C(C)(C)c4ccc5oc7ccccc7c5c4-6)cc2C3(C)C)c(C)c1. The molecule has 0 saturated carbocycles. The van der Waals surface area contributed by atoms with Crippen LogP contribution in [-0.4, -0.2) is 0 Å². The fourth-order valence-corrected chi connectivity index (χ4v) is 14.0. The summed E-state index contributed by atoms with van der Waals surface area (Å²) in [5, 5.41) is 4.77. The number of nitrogens with zero attached hydrogens (tertiary/aromatic N) is 1. The lowest BCUT2D eigenvalue weighted by molar-refractivity contribution is 0.590. The van der Waals surface area contributed by atoms with Crippen molar-refractivity contribution in [1.82, 2.24) is 0 Å². The highest BCUT2D eigenvalue weighted by atomic mass is 16.3. The molecule has 3 aliphatic rings. The fourth-order valence-electron chi connectivity index (χ4n) is 14.0. The Hall–Kier alpha value is -7.62. The molecule has 11 aromatic rings. The van der Waals surface area contributed by atoms with Gasteiger partial charge < -0.3 is 13.7 Å². The summed E-state index contributed by atoms with van der Waals surface area (Å²) in [7, 11) is 0. The molecule has 0 aliphatic heterocycles. The van der Waals surface area contributed by atoms with Gasteiger partial charge in [0.1, 0.15) is 22.3 Å². The van der Waals surface area contributed by atoms with E-state index in [1.807, 2.05) is 0 Å². The Labute approximate surface area is 429 Å². The van der Waals surface area contributed by atoms with Crippen LogP contribution < -0.4 is 4.90 Å². The molecule has 0 unspecified atom stereocenters. The molecule has 0 amide bonds. The maximum atomic E-state index is 6.94. The molecule has 358 valence electrons. The van der Waals surface area contributed by atoms with Crippen LogP contribution in [-0.2, 0) is 21.7 Å². The van der Waals surface area contributed by atoms with Gasteiger partial charge in [-0.3, -0.25) is 0 Å². The molecule has 73 heavy (non-hydrogen) atoms. The van der Waals surface area contributed by atoms with Gasteiger partial charge in [0.05, 0.1) is 0 Å². The van der Waals surface area contributed by atoms with Gasteiger partial charge in [0.25, 0.3) is 0 Å². The molecule has 0 atom stereocenters. The van der Waals surface area contributed by atoms with Crippen LogP contribution >= 0.6 is 0 Å². The van der Waals surface area contributed by atoms with Crippen molar-refractivity contribution in [3.05, 3.63) is 207 Å².